The summed E-state index contributed by atoms with van der Waals surface area (Å²) in [5.74, 6) is -0.0123. The first-order chi connectivity index (χ1) is 6.96. The van der Waals surface area contributed by atoms with Crippen LogP contribution >= 0.6 is 11.6 Å². The van der Waals surface area contributed by atoms with Gasteiger partial charge >= 0.3 is 0 Å². The fourth-order valence-corrected chi connectivity index (χ4v) is 2.40. The van der Waals surface area contributed by atoms with Crippen LogP contribution in [0.4, 0.5) is 0 Å². The molecule has 0 atom stereocenters. The SMILES string of the molecule is CS(=O)(=O)Cc1coc2cc(Cl)ccc12. The van der Waals surface area contributed by atoms with Crippen molar-refractivity contribution in [2.24, 2.45) is 0 Å². The lowest BCUT2D eigenvalue weighted by molar-refractivity contribution is 0.596. The van der Waals surface area contributed by atoms with Crippen LogP contribution < -0.4 is 0 Å². The first-order valence-corrected chi connectivity index (χ1v) is 6.73. The molecule has 2 rings (SSSR count). The standard InChI is InChI=1S/C10H9ClO3S/c1-15(12,13)6-7-5-14-10-4-8(11)2-3-9(7)10/h2-5H,6H2,1H3. The Labute approximate surface area is 92.6 Å². The van der Waals surface area contributed by atoms with Crippen molar-refractivity contribution in [3.63, 3.8) is 0 Å². The highest BCUT2D eigenvalue weighted by Gasteiger charge is 2.11. The third kappa shape index (κ3) is 2.33. The van der Waals surface area contributed by atoms with Gasteiger partial charge in [-0.05, 0) is 18.2 Å². The molecule has 0 radical (unpaired) electrons. The van der Waals surface area contributed by atoms with E-state index in [1.54, 1.807) is 18.2 Å². The van der Waals surface area contributed by atoms with E-state index in [-0.39, 0.29) is 5.75 Å². The molecule has 0 spiro atoms. The van der Waals surface area contributed by atoms with Crippen LogP contribution in [0.15, 0.2) is 28.9 Å². The van der Waals surface area contributed by atoms with E-state index in [0.717, 1.165) is 5.39 Å². The van der Waals surface area contributed by atoms with E-state index in [4.69, 9.17) is 16.0 Å². The van der Waals surface area contributed by atoms with Gasteiger partial charge in [-0.15, -0.1) is 0 Å². The summed E-state index contributed by atoms with van der Waals surface area (Å²) in [6, 6.07) is 5.15. The molecule has 0 aliphatic heterocycles. The lowest BCUT2D eigenvalue weighted by atomic mass is 10.2. The van der Waals surface area contributed by atoms with Crippen LogP contribution in [0.5, 0.6) is 0 Å². The summed E-state index contributed by atoms with van der Waals surface area (Å²) in [6.45, 7) is 0. The minimum atomic E-state index is -3.04. The van der Waals surface area contributed by atoms with Gasteiger partial charge in [0.2, 0.25) is 0 Å². The smallest absolute Gasteiger partial charge is 0.151 e. The summed E-state index contributed by atoms with van der Waals surface area (Å²) < 4.78 is 27.5. The fraction of sp³-hybridized carbons (Fsp3) is 0.200. The maximum atomic E-state index is 11.1. The van der Waals surface area contributed by atoms with Gasteiger partial charge in [0.05, 0.1) is 12.0 Å². The first kappa shape index (κ1) is 10.5. The Morgan fingerprint density at radius 2 is 2.13 bits per heavy atom. The summed E-state index contributed by atoms with van der Waals surface area (Å²) in [5, 5.41) is 1.37. The monoisotopic (exact) mass is 244 g/mol. The highest BCUT2D eigenvalue weighted by molar-refractivity contribution is 7.89. The maximum absolute atomic E-state index is 11.1. The van der Waals surface area contributed by atoms with Gasteiger partial charge in [-0.25, -0.2) is 8.42 Å². The Morgan fingerprint density at radius 3 is 2.80 bits per heavy atom. The van der Waals surface area contributed by atoms with Crippen LogP contribution in [0.1, 0.15) is 5.56 Å². The van der Waals surface area contributed by atoms with Crippen LogP contribution in [0.2, 0.25) is 5.02 Å². The van der Waals surface area contributed by atoms with Crippen molar-refractivity contribution < 1.29 is 12.8 Å². The number of fused-ring (bicyclic) bond motifs is 1. The first-order valence-electron chi connectivity index (χ1n) is 4.29. The molecule has 2 aromatic rings. The van der Waals surface area contributed by atoms with Crippen molar-refractivity contribution in [2.45, 2.75) is 5.75 Å². The quantitative estimate of drug-likeness (QED) is 0.816. The van der Waals surface area contributed by atoms with E-state index in [1.807, 2.05) is 0 Å². The molecule has 80 valence electrons. The van der Waals surface area contributed by atoms with Gasteiger partial charge in [-0.2, -0.15) is 0 Å². The van der Waals surface area contributed by atoms with Gasteiger partial charge in [0.1, 0.15) is 5.58 Å². The van der Waals surface area contributed by atoms with E-state index in [9.17, 15) is 8.42 Å². The topological polar surface area (TPSA) is 47.3 Å². The van der Waals surface area contributed by atoms with Crippen molar-refractivity contribution in [1.29, 1.82) is 0 Å². The van der Waals surface area contributed by atoms with Crippen LogP contribution in [0, 0.1) is 0 Å². The molecule has 0 saturated carbocycles. The minimum absolute atomic E-state index is 0.0123. The second-order valence-corrected chi connectivity index (χ2v) is 6.05. The van der Waals surface area contributed by atoms with E-state index in [2.05, 4.69) is 0 Å². The van der Waals surface area contributed by atoms with E-state index >= 15 is 0 Å². The molecule has 3 nitrogen and oxygen atoms in total. The van der Waals surface area contributed by atoms with Crippen LogP contribution in [-0.4, -0.2) is 14.7 Å². The Kier molecular flexibility index (Phi) is 2.48. The van der Waals surface area contributed by atoms with Crippen molar-refractivity contribution >= 4 is 32.4 Å². The van der Waals surface area contributed by atoms with E-state index in [0.29, 0.717) is 16.2 Å². The Bertz CT molecular complexity index is 598. The van der Waals surface area contributed by atoms with E-state index in [1.165, 1.54) is 12.5 Å². The molecule has 0 bridgehead atoms. The molecule has 5 heteroatoms. The Hall–Kier alpha value is -1.00. The molecule has 1 aromatic heterocycles. The van der Waals surface area contributed by atoms with Gasteiger partial charge in [0, 0.05) is 22.2 Å². The highest BCUT2D eigenvalue weighted by Crippen LogP contribution is 2.25. The van der Waals surface area contributed by atoms with Crippen molar-refractivity contribution in [3.05, 3.63) is 35.0 Å². The molecule has 1 aromatic carbocycles. The van der Waals surface area contributed by atoms with Gasteiger partial charge < -0.3 is 4.42 Å². The fourth-order valence-electron chi connectivity index (χ4n) is 1.45. The zero-order valence-electron chi connectivity index (χ0n) is 8.03. The molecule has 0 amide bonds. The molecule has 15 heavy (non-hydrogen) atoms. The molecular weight excluding hydrogens is 236 g/mol. The molecule has 0 saturated heterocycles. The summed E-state index contributed by atoms with van der Waals surface area (Å²) >= 11 is 5.78. The van der Waals surface area contributed by atoms with Gasteiger partial charge in [-0.1, -0.05) is 11.6 Å². The predicted molar refractivity (Wildman–Crippen MR) is 59.8 cm³/mol. The van der Waals surface area contributed by atoms with E-state index < -0.39 is 9.84 Å². The molecule has 1 heterocycles. The summed E-state index contributed by atoms with van der Waals surface area (Å²) in [4.78, 5) is 0. The van der Waals surface area contributed by atoms with Crippen molar-refractivity contribution in [3.8, 4) is 0 Å². The van der Waals surface area contributed by atoms with Gasteiger partial charge in [0.25, 0.3) is 0 Å². The molecule has 0 aliphatic rings. The predicted octanol–water partition coefficient (Wildman–Crippen LogP) is 2.63. The number of rotatable bonds is 2. The number of furan rings is 1. The molecule has 0 N–H and O–H groups in total. The van der Waals surface area contributed by atoms with Crippen molar-refractivity contribution in [2.75, 3.05) is 6.26 Å². The number of halogens is 1. The highest BCUT2D eigenvalue weighted by atomic mass is 35.5. The Morgan fingerprint density at radius 1 is 1.40 bits per heavy atom. The number of hydrogen-bond acceptors (Lipinski definition) is 3. The van der Waals surface area contributed by atoms with Gasteiger partial charge in [0.15, 0.2) is 9.84 Å². The summed E-state index contributed by atoms with van der Waals surface area (Å²) in [5.41, 5.74) is 1.28. The number of benzene rings is 1. The third-order valence-electron chi connectivity index (χ3n) is 2.04. The lowest BCUT2D eigenvalue weighted by Crippen LogP contribution is -1.99. The van der Waals surface area contributed by atoms with Crippen molar-refractivity contribution in [1.82, 2.24) is 0 Å². The normalized spacial score (nSPS) is 12.1. The number of hydrogen-bond donors (Lipinski definition) is 0. The molecule has 0 unspecified atom stereocenters. The molecular formula is C10H9ClO3S. The Balaban J connectivity index is 2.55. The largest absolute Gasteiger partial charge is 0.464 e. The van der Waals surface area contributed by atoms with Crippen LogP contribution in [0.25, 0.3) is 11.0 Å². The lowest BCUT2D eigenvalue weighted by Gasteiger charge is -1.95. The second kappa shape index (κ2) is 3.54. The zero-order valence-corrected chi connectivity index (χ0v) is 9.60. The van der Waals surface area contributed by atoms with Crippen LogP contribution in [-0.2, 0) is 15.6 Å². The second-order valence-electron chi connectivity index (χ2n) is 3.47. The third-order valence-corrected chi connectivity index (χ3v) is 3.11. The zero-order chi connectivity index (χ0) is 11.1. The molecule has 0 aliphatic carbocycles. The minimum Gasteiger partial charge on any atom is -0.464 e. The summed E-state index contributed by atoms with van der Waals surface area (Å²) in [7, 11) is -3.04. The van der Waals surface area contributed by atoms with Crippen LogP contribution in [0.3, 0.4) is 0 Å². The number of sulfone groups is 1. The average Bonchev–Trinajstić information content (AvgIpc) is 2.45. The summed E-state index contributed by atoms with van der Waals surface area (Å²) in [6.07, 6.45) is 2.66. The maximum Gasteiger partial charge on any atom is 0.151 e. The average molecular weight is 245 g/mol. The van der Waals surface area contributed by atoms with Gasteiger partial charge in [-0.3, -0.25) is 0 Å². The molecule has 0 fully saturated rings.